The van der Waals surface area contributed by atoms with Crippen molar-refractivity contribution < 1.29 is 4.79 Å². The van der Waals surface area contributed by atoms with E-state index in [1.165, 1.54) is 17.3 Å². The first-order chi connectivity index (χ1) is 10.3. The van der Waals surface area contributed by atoms with Gasteiger partial charge in [-0.25, -0.2) is 9.67 Å². The predicted molar refractivity (Wildman–Crippen MR) is 78.6 cm³/mol. The highest BCUT2D eigenvalue weighted by Crippen LogP contribution is 2.28. The summed E-state index contributed by atoms with van der Waals surface area (Å²) < 4.78 is 1.50. The van der Waals surface area contributed by atoms with E-state index in [9.17, 15) is 4.79 Å². The summed E-state index contributed by atoms with van der Waals surface area (Å²) >= 11 is 6.20. The largest absolute Gasteiger partial charge is 0.320 e. The molecule has 6 nitrogen and oxygen atoms in total. The summed E-state index contributed by atoms with van der Waals surface area (Å²) in [6.07, 6.45) is 6.04. The fourth-order valence-corrected chi connectivity index (χ4v) is 2.13. The van der Waals surface area contributed by atoms with E-state index >= 15 is 0 Å². The number of pyridine rings is 1. The molecule has 3 rings (SSSR count). The summed E-state index contributed by atoms with van der Waals surface area (Å²) in [5.41, 5.74) is 1.63. The van der Waals surface area contributed by atoms with Gasteiger partial charge in [-0.3, -0.25) is 9.78 Å². The van der Waals surface area contributed by atoms with E-state index in [2.05, 4.69) is 20.4 Å². The molecule has 2 aromatic heterocycles. The number of carbonyl (C=O) groups excluding carboxylic acids is 1. The van der Waals surface area contributed by atoms with Crippen molar-refractivity contribution in [1.29, 1.82) is 0 Å². The number of hydrogen-bond acceptors (Lipinski definition) is 4. The van der Waals surface area contributed by atoms with Gasteiger partial charge >= 0.3 is 0 Å². The predicted octanol–water partition coefficient (Wildman–Crippen LogP) is 2.57. The van der Waals surface area contributed by atoms with Gasteiger partial charge in [0, 0.05) is 18.0 Å². The Bertz CT molecular complexity index is 758. The molecule has 0 bridgehead atoms. The van der Waals surface area contributed by atoms with Crippen LogP contribution >= 0.6 is 11.6 Å². The van der Waals surface area contributed by atoms with Crippen molar-refractivity contribution in [3.8, 4) is 5.69 Å². The van der Waals surface area contributed by atoms with Crippen LogP contribution in [-0.2, 0) is 0 Å². The number of rotatable bonds is 3. The Morgan fingerprint density at radius 3 is 2.67 bits per heavy atom. The summed E-state index contributed by atoms with van der Waals surface area (Å²) in [5.74, 6) is -0.249. The van der Waals surface area contributed by atoms with Crippen LogP contribution in [0.4, 0.5) is 5.69 Å². The van der Waals surface area contributed by atoms with Gasteiger partial charge in [0.25, 0.3) is 5.91 Å². The van der Waals surface area contributed by atoms with Crippen molar-refractivity contribution in [3.63, 3.8) is 0 Å². The number of nitrogens with one attached hydrogen (secondary N) is 1. The molecular formula is C14H10ClN5O. The quantitative estimate of drug-likeness (QED) is 0.806. The van der Waals surface area contributed by atoms with Crippen molar-refractivity contribution in [2.75, 3.05) is 5.32 Å². The number of carbonyl (C=O) groups is 1. The van der Waals surface area contributed by atoms with Crippen molar-refractivity contribution in [3.05, 3.63) is 66.0 Å². The molecule has 7 heteroatoms. The molecular weight excluding hydrogens is 290 g/mol. The van der Waals surface area contributed by atoms with Gasteiger partial charge in [0.2, 0.25) is 0 Å². The molecule has 0 aliphatic heterocycles. The lowest BCUT2D eigenvalue weighted by atomic mass is 10.2. The molecule has 0 aliphatic rings. The van der Waals surface area contributed by atoms with Gasteiger partial charge in [-0.2, -0.15) is 5.10 Å². The Balaban J connectivity index is 1.97. The number of benzene rings is 1. The zero-order chi connectivity index (χ0) is 14.7. The van der Waals surface area contributed by atoms with Gasteiger partial charge in [0.1, 0.15) is 18.3 Å². The van der Waals surface area contributed by atoms with Gasteiger partial charge in [-0.05, 0) is 24.3 Å². The fourth-order valence-electron chi connectivity index (χ4n) is 1.87. The number of aromatic nitrogens is 4. The number of amides is 1. The second kappa shape index (κ2) is 5.72. The van der Waals surface area contributed by atoms with Crippen LogP contribution in [0.25, 0.3) is 5.69 Å². The number of nitrogens with zero attached hydrogens (tertiary/aromatic N) is 4. The van der Waals surface area contributed by atoms with E-state index in [-0.39, 0.29) is 5.91 Å². The first-order valence-electron chi connectivity index (χ1n) is 6.10. The van der Waals surface area contributed by atoms with Crippen LogP contribution in [0.5, 0.6) is 0 Å². The minimum Gasteiger partial charge on any atom is -0.320 e. The highest BCUT2D eigenvalue weighted by Gasteiger charge is 2.13. The molecule has 2 heterocycles. The number of para-hydroxylation sites is 1. The average molecular weight is 300 g/mol. The van der Waals surface area contributed by atoms with Crippen molar-refractivity contribution in [2.24, 2.45) is 0 Å². The van der Waals surface area contributed by atoms with Crippen LogP contribution in [0.1, 0.15) is 10.4 Å². The van der Waals surface area contributed by atoms with Crippen LogP contribution in [0.15, 0.2) is 55.4 Å². The summed E-state index contributed by atoms with van der Waals surface area (Å²) in [4.78, 5) is 20.0. The maximum atomic E-state index is 12.2. The molecule has 0 saturated heterocycles. The molecule has 0 saturated carbocycles. The number of anilines is 1. The van der Waals surface area contributed by atoms with Gasteiger partial charge in [0.05, 0.1) is 10.7 Å². The molecule has 3 aromatic rings. The second-order valence-electron chi connectivity index (χ2n) is 4.17. The third-order valence-corrected chi connectivity index (χ3v) is 3.13. The van der Waals surface area contributed by atoms with Gasteiger partial charge in [-0.1, -0.05) is 17.7 Å². The molecule has 0 spiro atoms. The monoisotopic (exact) mass is 299 g/mol. The SMILES string of the molecule is O=C(Nc1cccc(Cl)c1-n1cncn1)c1ccncc1. The minimum atomic E-state index is -0.249. The average Bonchev–Trinajstić information content (AvgIpc) is 3.02. The van der Waals surface area contributed by atoms with E-state index in [4.69, 9.17) is 11.6 Å². The maximum absolute atomic E-state index is 12.2. The fraction of sp³-hybridized carbons (Fsp3) is 0. The normalized spacial score (nSPS) is 10.3. The zero-order valence-corrected chi connectivity index (χ0v) is 11.5. The lowest BCUT2D eigenvalue weighted by molar-refractivity contribution is 0.102. The molecule has 1 N–H and O–H groups in total. The lowest BCUT2D eigenvalue weighted by Gasteiger charge is -2.12. The number of halogens is 1. The molecule has 104 valence electrons. The zero-order valence-electron chi connectivity index (χ0n) is 10.8. The van der Waals surface area contributed by atoms with Gasteiger partial charge in [-0.15, -0.1) is 0 Å². The van der Waals surface area contributed by atoms with Crippen molar-refractivity contribution >= 4 is 23.2 Å². The van der Waals surface area contributed by atoms with E-state index in [1.807, 2.05) is 0 Å². The Kier molecular flexibility index (Phi) is 3.61. The smallest absolute Gasteiger partial charge is 0.255 e. The summed E-state index contributed by atoms with van der Waals surface area (Å²) in [6, 6.07) is 8.50. The summed E-state index contributed by atoms with van der Waals surface area (Å²) in [7, 11) is 0. The topological polar surface area (TPSA) is 72.7 Å². The van der Waals surface area contributed by atoms with Crippen LogP contribution in [0, 0.1) is 0 Å². The third kappa shape index (κ3) is 2.75. The van der Waals surface area contributed by atoms with Crippen LogP contribution in [-0.4, -0.2) is 25.7 Å². The Morgan fingerprint density at radius 2 is 1.95 bits per heavy atom. The van der Waals surface area contributed by atoms with E-state index in [1.54, 1.807) is 42.7 Å². The maximum Gasteiger partial charge on any atom is 0.255 e. The first kappa shape index (κ1) is 13.3. The molecule has 21 heavy (non-hydrogen) atoms. The van der Waals surface area contributed by atoms with Gasteiger partial charge < -0.3 is 5.32 Å². The molecule has 0 unspecified atom stereocenters. The molecule has 0 fully saturated rings. The molecule has 1 aromatic carbocycles. The van der Waals surface area contributed by atoms with E-state index in [0.29, 0.717) is 22.0 Å². The summed E-state index contributed by atoms with van der Waals surface area (Å²) in [6.45, 7) is 0. The Morgan fingerprint density at radius 1 is 1.14 bits per heavy atom. The van der Waals surface area contributed by atoms with Crippen molar-refractivity contribution in [1.82, 2.24) is 19.7 Å². The Hall–Kier alpha value is -2.73. The van der Waals surface area contributed by atoms with E-state index in [0.717, 1.165) is 0 Å². The van der Waals surface area contributed by atoms with E-state index < -0.39 is 0 Å². The van der Waals surface area contributed by atoms with Crippen molar-refractivity contribution in [2.45, 2.75) is 0 Å². The van der Waals surface area contributed by atoms with Crippen LogP contribution in [0.3, 0.4) is 0 Å². The van der Waals surface area contributed by atoms with Gasteiger partial charge in [0.15, 0.2) is 0 Å². The Labute approximate surface area is 125 Å². The van der Waals surface area contributed by atoms with Crippen LogP contribution in [0.2, 0.25) is 5.02 Å². The third-order valence-electron chi connectivity index (χ3n) is 2.83. The highest BCUT2D eigenvalue weighted by atomic mass is 35.5. The standard InChI is InChI=1S/C14H10ClN5O/c15-11-2-1-3-12(13(11)20-9-17-8-18-20)19-14(21)10-4-6-16-7-5-10/h1-9H,(H,19,21). The summed E-state index contributed by atoms with van der Waals surface area (Å²) in [5, 5.41) is 7.33. The second-order valence-corrected chi connectivity index (χ2v) is 4.57. The highest BCUT2D eigenvalue weighted by molar-refractivity contribution is 6.33. The molecule has 0 aliphatic carbocycles. The lowest BCUT2D eigenvalue weighted by Crippen LogP contribution is -2.14. The first-order valence-corrected chi connectivity index (χ1v) is 6.48. The minimum absolute atomic E-state index is 0.249. The van der Waals surface area contributed by atoms with Crippen LogP contribution < -0.4 is 5.32 Å². The molecule has 0 atom stereocenters. The molecule has 1 amide bonds. The molecule has 0 radical (unpaired) electrons. The number of hydrogen-bond donors (Lipinski definition) is 1.